The van der Waals surface area contributed by atoms with Gasteiger partial charge in [-0.05, 0) is 5.92 Å². The molecule has 3 heteroatoms. The SMILES string of the molecule is CC(C)C(=O)OC1OC(C(C)C)C1(C)C. The average molecular weight is 214 g/mol. The molecule has 0 aromatic carbocycles. The lowest BCUT2D eigenvalue weighted by molar-refractivity contribution is -0.339. The minimum Gasteiger partial charge on any atom is -0.435 e. The van der Waals surface area contributed by atoms with E-state index in [0.717, 1.165) is 0 Å². The van der Waals surface area contributed by atoms with Gasteiger partial charge in [0.05, 0.1) is 17.4 Å². The molecule has 0 aromatic rings. The predicted molar refractivity (Wildman–Crippen MR) is 58.2 cm³/mol. The van der Waals surface area contributed by atoms with Crippen LogP contribution in [0.3, 0.4) is 0 Å². The fraction of sp³-hybridized carbons (Fsp3) is 0.917. The molecule has 1 aliphatic rings. The van der Waals surface area contributed by atoms with Gasteiger partial charge in [0, 0.05) is 0 Å². The van der Waals surface area contributed by atoms with Crippen molar-refractivity contribution in [1.82, 2.24) is 0 Å². The number of carbonyl (C=O) groups is 1. The van der Waals surface area contributed by atoms with Crippen LogP contribution in [0.4, 0.5) is 0 Å². The molecule has 0 N–H and O–H groups in total. The standard InChI is InChI=1S/C12H22O3/c1-7(2)9-12(5,6)11(14-9)15-10(13)8(3)4/h7-9,11H,1-6H3. The lowest BCUT2D eigenvalue weighted by Gasteiger charge is -2.52. The summed E-state index contributed by atoms with van der Waals surface area (Å²) in [5.74, 6) is 0.173. The van der Waals surface area contributed by atoms with Crippen molar-refractivity contribution in [2.75, 3.05) is 0 Å². The zero-order valence-electron chi connectivity index (χ0n) is 10.5. The van der Waals surface area contributed by atoms with Crippen LogP contribution in [0.1, 0.15) is 41.5 Å². The van der Waals surface area contributed by atoms with E-state index in [0.29, 0.717) is 5.92 Å². The Morgan fingerprint density at radius 2 is 1.80 bits per heavy atom. The summed E-state index contributed by atoms with van der Waals surface area (Å²) in [5.41, 5.74) is -0.0707. The van der Waals surface area contributed by atoms with Gasteiger partial charge in [-0.2, -0.15) is 0 Å². The summed E-state index contributed by atoms with van der Waals surface area (Å²) in [6.45, 7) is 12.1. The van der Waals surface area contributed by atoms with E-state index < -0.39 is 0 Å². The van der Waals surface area contributed by atoms with E-state index in [1.165, 1.54) is 0 Å². The maximum atomic E-state index is 11.4. The monoisotopic (exact) mass is 214 g/mol. The molecule has 0 bridgehead atoms. The van der Waals surface area contributed by atoms with Crippen molar-refractivity contribution in [3.05, 3.63) is 0 Å². The molecule has 1 aliphatic heterocycles. The summed E-state index contributed by atoms with van der Waals surface area (Å²) < 4.78 is 10.9. The van der Waals surface area contributed by atoms with E-state index >= 15 is 0 Å². The number of ether oxygens (including phenoxy) is 2. The Balaban J connectivity index is 2.52. The highest BCUT2D eigenvalue weighted by Gasteiger charge is 2.53. The molecule has 88 valence electrons. The van der Waals surface area contributed by atoms with E-state index in [9.17, 15) is 4.79 Å². The Morgan fingerprint density at radius 1 is 1.27 bits per heavy atom. The Morgan fingerprint density at radius 3 is 2.13 bits per heavy atom. The van der Waals surface area contributed by atoms with Gasteiger partial charge in [0.15, 0.2) is 0 Å². The van der Waals surface area contributed by atoms with E-state index in [-0.39, 0.29) is 29.7 Å². The van der Waals surface area contributed by atoms with Gasteiger partial charge in [-0.25, -0.2) is 0 Å². The van der Waals surface area contributed by atoms with Gasteiger partial charge in [-0.15, -0.1) is 0 Å². The van der Waals surface area contributed by atoms with Gasteiger partial charge in [0.25, 0.3) is 0 Å². The molecular weight excluding hydrogens is 192 g/mol. The first-order valence-electron chi connectivity index (χ1n) is 5.62. The molecule has 3 nitrogen and oxygen atoms in total. The van der Waals surface area contributed by atoms with E-state index in [1.54, 1.807) is 0 Å². The summed E-state index contributed by atoms with van der Waals surface area (Å²) in [6, 6.07) is 0. The van der Waals surface area contributed by atoms with E-state index in [1.807, 2.05) is 13.8 Å². The van der Waals surface area contributed by atoms with Crippen LogP contribution in [0.5, 0.6) is 0 Å². The molecule has 1 rings (SSSR count). The van der Waals surface area contributed by atoms with Gasteiger partial charge >= 0.3 is 5.97 Å². The van der Waals surface area contributed by atoms with Gasteiger partial charge in [0.1, 0.15) is 0 Å². The van der Waals surface area contributed by atoms with Crippen molar-refractivity contribution < 1.29 is 14.3 Å². The second kappa shape index (κ2) is 4.12. The highest BCUT2D eigenvalue weighted by molar-refractivity contribution is 5.71. The summed E-state index contributed by atoms with van der Waals surface area (Å²) in [7, 11) is 0. The van der Waals surface area contributed by atoms with Gasteiger partial charge in [0.2, 0.25) is 6.29 Å². The minimum atomic E-state index is -0.375. The fourth-order valence-corrected chi connectivity index (χ4v) is 1.98. The molecule has 1 heterocycles. The van der Waals surface area contributed by atoms with Gasteiger partial charge < -0.3 is 9.47 Å². The zero-order valence-corrected chi connectivity index (χ0v) is 10.5. The maximum absolute atomic E-state index is 11.4. The molecule has 0 aliphatic carbocycles. The van der Waals surface area contributed by atoms with Crippen LogP contribution in [-0.2, 0) is 14.3 Å². The zero-order chi connectivity index (χ0) is 11.8. The molecule has 0 radical (unpaired) electrons. The molecule has 1 saturated heterocycles. The molecule has 0 spiro atoms. The second-order valence-electron chi connectivity index (χ2n) is 5.55. The van der Waals surface area contributed by atoms with Gasteiger partial charge in [-0.3, -0.25) is 4.79 Å². The quantitative estimate of drug-likeness (QED) is 0.677. The van der Waals surface area contributed by atoms with Crippen LogP contribution in [0.2, 0.25) is 0 Å². The smallest absolute Gasteiger partial charge is 0.310 e. The molecule has 0 aromatic heterocycles. The van der Waals surface area contributed by atoms with E-state index in [2.05, 4.69) is 27.7 Å². The third-order valence-corrected chi connectivity index (χ3v) is 2.91. The molecule has 0 amide bonds. The number of carbonyl (C=O) groups excluding carboxylic acids is 1. The third-order valence-electron chi connectivity index (χ3n) is 2.91. The third kappa shape index (κ3) is 2.33. The summed E-state index contributed by atoms with van der Waals surface area (Å²) in [6.07, 6.45) is -0.192. The van der Waals surface area contributed by atoms with Crippen LogP contribution in [0.25, 0.3) is 0 Å². The highest BCUT2D eigenvalue weighted by atomic mass is 16.7. The second-order valence-corrected chi connectivity index (χ2v) is 5.55. The number of hydrogen-bond acceptors (Lipinski definition) is 3. The normalized spacial score (nSPS) is 29.1. The largest absolute Gasteiger partial charge is 0.435 e. The van der Waals surface area contributed by atoms with Crippen LogP contribution in [0, 0.1) is 17.3 Å². The van der Waals surface area contributed by atoms with Crippen LogP contribution in [-0.4, -0.2) is 18.4 Å². The Bertz CT molecular complexity index is 243. The Kier molecular flexibility index (Phi) is 3.44. The maximum Gasteiger partial charge on any atom is 0.310 e. The van der Waals surface area contributed by atoms with Crippen molar-refractivity contribution in [3.63, 3.8) is 0 Å². The number of hydrogen-bond donors (Lipinski definition) is 0. The number of rotatable bonds is 3. The summed E-state index contributed by atoms with van der Waals surface area (Å²) >= 11 is 0. The van der Waals surface area contributed by atoms with Gasteiger partial charge in [-0.1, -0.05) is 41.5 Å². The molecule has 15 heavy (non-hydrogen) atoms. The molecule has 2 unspecified atom stereocenters. The summed E-state index contributed by atoms with van der Waals surface area (Å²) in [5, 5.41) is 0. The van der Waals surface area contributed by atoms with Crippen molar-refractivity contribution in [3.8, 4) is 0 Å². The van der Waals surface area contributed by atoms with Crippen LogP contribution < -0.4 is 0 Å². The Labute approximate surface area is 92.1 Å². The first-order valence-corrected chi connectivity index (χ1v) is 5.62. The van der Waals surface area contributed by atoms with Crippen LogP contribution in [0.15, 0.2) is 0 Å². The lowest BCUT2D eigenvalue weighted by atomic mass is 9.75. The van der Waals surface area contributed by atoms with Crippen molar-refractivity contribution in [2.45, 2.75) is 53.9 Å². The molecule has 1 fully saturated rings. The first kappa shape index (κ1) is 12.5. The van der Waals surface area contributed by atoms with Crippen LogP contribution >= 0.6 is 0 Å². The van der Waals surface area contributed by atoms with E-state index in [4.69, 9.17) is 9.47 Å². The lowest BCUT2D eigenvalue weighted by Crippen LogP contribution is -2.60. The van der Waals surface area contributed by atoms with Crippen molar-refractivity contribution in [1.29, 1.82) is 0 Å². The number of esters is 1. The highest BCUT2D eigenvalue weighted by Crippen LogP contribution is 2.45. The fourth-order valence-electron chi connectivity index (χ4n) is 1.98. The minimum absolute atomic E-state index is 0.0707. The molecule has 0 saturated carbocycles. The summed E-state index contributed by atoms with van der Waals surface area (Å²) in [4.78, 5) is 11.4. The Hall–Kier alpha value is -0.570. The molecule has 2 atom stereocenters. The topological polar surface area (TPSA) is 35.5 Å². The first-order chi connectivity index (χ1) is 6.76. The predicted octanol–water partition coefficient (Wildman–Crippen LogP) is 2.59. The average Bonchev–Trinajstić information content (AvgIpc) is 2.10. The van der Waals surface area contributed by atoms with Crippen molar-refractivity contribution in [2.24, 2.45) is 17.3 Å². The molecular formula is C12H22O3. The van der Waals surface area contributed by atoms with Crippen molar-refractivity contribution >= 4 is 5.97 Å².